The predicted molar refractivity (Wildman–Crippen MR) is 192 cm³/mol. The van der Waals surface area contributed by atoms with Crippen molar-refractivity contribution < 1.29 is 4.42 Å². The fourth-order valence-corrected chi connectivity index (χ4v) is 6.60. The molecule has 0 bridgehead atoms. The van der Waals surface area contributed by atoms with Gasteiger partial charge in [-0.1, -0.05) is 115 Å². The Kier molecular flexibility index (Phi) is 6.14. The summed E-state index contributed by atoms with van der Waals surface area (Å²) >= 11 is 0. The maximum atomic E-state index is 6.46. The first-order valence-corrected chi connectivity index (χ1v) is 15.5. The summed E-state index contributed by atoms with van der Waals surface area (Å²) in [6, 6.07) is 59.8. The van der Waals surface area contributed by atoms with Gasteiger partial charge in [0.15, 0.2) is 5.58 Å². The Morgan fingerprint density at radius 3 is 1.80 bits per heavy atom. The van der Waals surface area contributed by atoms with Gasteiger partial charge >= 0.3 is 0 Å². The largest absolute Gasteiger partial charge is 0.435 e. The Balaban J connectivity index is 1.17. The average Bonchev–Trinajstić information content (AvgIpc) is 3.59. The van der Waals surface area contributed by atoms with E-state index in [1.807, 2.05) is 30.3 Å². The predicted octanol–water partition coefficient (Wildman–Crippen LogP) is 12.1. The number of para-hydroxylation sites is 1. The first kappa shape index (κ1) is 26.2. The van der Waals surface area contributed by atoms with Crippen LogP contribution in [0.1, 0.15) is 0 Å². The molecule has 0 N–H and O–H groups in total. The molecule has 0 saturated carbocycles. The molecular formula is C43H28N2O. The summed E-state index contributed by atoms with van der Waals surface area (Å²) in [6.45, 7) is 0. The van der Waals surface area contributed by atoms with E-state index in [1.54, 1.807) is 0 Å². The molecule has 0 saturated heterocycles. The number of hydrogen-bond acceptors (Lipinski definition) is 3. The summed E-state index contributed by atoms with van der Waals surface area (Å²) < 4.78 is 6.46. The van der Waals surface area contributed by atoms with Gasteiger partial charge < -0.3 is 9.32 Å². The minimum absolute atomic E-state index is 0.637. The van der Waals surface area contributed by atoms with E-state index in [0.29, 0.717) is 5.89 Å². The van der Waals surface area contributed by atoms with Gasteiger partial charge in [0, 0.05) is 33.4 Å². The van der Waals surface area contributed by atoms with Gasteiger partial charge in [0.1, 0.15) is 5.52 Å². The molecular weight excluding hydrogens is 560 g/mol. The van der Waals surface area contributed by atoms with Gasteiger partial charge in [-0.25, -0.2) is 4.98 Å². The van der Waals surface area contributed by atoms with Crippen LogP contribution in [0.3, 0.4) is 0 Å². The van der Waals surface area contributed by atoms with E-state index in [9.17, 15) is 0 Å². The Hall–Kier alpha value is -6.19. The minimum Gasteiger partial charge on any atom is -0.435 e. The Morgan fingerprint density at radius 1 is 0.391 bits per heavy atom. The second kappa shape index (κ2) is 10.8. The number of nitrogens with zero attached hydrogens (tertiary/aromatic N) is 2. The highest BCUT2D eigenvalue weighted by molar-refractivity contribution is 6.23. The zero-order chi connectivity index (χ0) is 30.5. The molecule has 0 aliphatic rings. The molecule has 9 rings (SSSR count). The Morgan fingerprint density at radius 2 is 1.00 bits per heavy atom. The van der Waals surface area contributed by atoms with Crippen LogP contribution in [0.2, 0.25) is 0 Å². The lowest BCUT2D eigenvalue weighted by molar-refractivity contribution is 0.623. The number of anilines is 3. The third kappa shape index (κ3) is 4.41. The molecule has 0 spiro atoms. The quantitative estimate of drug-likeness (QED) is 0.187. The maximum absolute atomic E-state index is 6.46. The van der Waals surface area contributed by atoms with E-state index < -0.39 is 0 Å². The minimum atomic E-state index is 0.637. The number of rotatable bonds is 5. The fraction of sp³-hybridized carbons (Fsp3) is 0. The molecule has 216 valence electrons. The molecule has 0 fully saturated rings. The molecule has 0 aliphatic carbocycles. The van der Waals surface area contributed by atoms with Gasteiger partial charge in [-0.15, -0.1) is 0 Å². The molecule has 9 aromatic rings. The fourth-order valence-electron chi connectivity index (χ4n) is 6.60. The lowest BCUT2D eigenvalue weighted by Crippen LogP contribution is -2.09. The van der Waals surface area contributed by atoms with E-state index in [-0.39, 0.29) is 0 Å². The van der Waals surface area contributed by atoms with Gasteiger partial charge in [-0.3, -0.25) is 0 Å². The molecule has 8 aromatic carbocycles. The van der Waals surface area contributed by atoms with E-state index in [0.717, 1.165) is 61.0 Å². The van der Waals surface area contributed by atoms with E-state index in [2.05, 4.69) is 144 Å². The standard InChI is InChI=1S/C43H28N2O/c1-3-12-31(13-4-1)43-44-41-40-28-33(22-26-38(40)37-17-9-10-18-39(37)42(41)46-43)30-19-23-35(24-20-30)45(34-15-5-2-6-16-34)36-25-21-29-11-7-8-14-32(29)27-36/h1-28H. The van der Waals surface area contributed by atoms with Gasteiger partial charge in [0.2, 0.25) is 5.89 Å². The van der Waals surface area contributed by atoms with Crippen molar-refractivity contribution in [2.75, 3.05) is 4.90 Å². The van der Waals surface area contributed by atoms with Crippen LogP contribution in [-0.2, 0) is 0 Å². The normalized spacial score (nSPS) is 11.5. The molecule has 0 aliphatic heterocycles. The van der Waals surface area contributed by atoms with Gasteiger partial charge in [0.25, 0.3) is 0 Å². The Labute approximate surface area is 266 Å². The molecule has 3 heteroatoms. The third-order valence-electron chi connectivity index (χ3n) is 8.85. The monoisotopic (exact) mass is 588 g/mol. The summed E-state index contributed by atoms with van der Waals surface area (Å²) in [7, 11) is 0. The Bertz CT molecular complexity index is 2520. The van der Waals surface area contributed by atoms with Crippen molar-refractivity contribution in [3.8, 4) is 22.6 Å². The van der Waals surface area contributed by atoms with Crippen molar-refractivity contribution in [2.45, 2.75) is 0 Å². The number of benzene rings is 8. The highest BCUT2D eigenvalue weighted by atomic mass is 16.3. The lowest BCUT2D eigenvalue weighted by Gasteiger charge is -2.26. The molecule has 0 amide bonds. The first-order chi connectivity index (χ1) is 22.8. The lowest BCUT2D eigenvalue weighted by atomic mass is 9.96. The van der Waals surface area contributed by atoms with Crippen LogP contribution in [0.15, 0.2) is 174 Å². The topological polar surface area (TPSA) is 29.3 Å². The van der Waals surface area contributed by atoms with Crippen LogP contribution in [-0.4, -0.2) is 4.98 Å². The summed E-state index contributed by atoms with van der Waals surface area (Å²) in [6.07, 6.45) is 0. The summed E-state index contributed by atoms with van der Waals surface area (Å²) in [5.41, 5.74) is 8.30. The van der Waals surface area contributed by atoms with Crippen molar-refractivity contribution >= 4 is 60.5 Å². The molecule has 0 unspecified atom stereocenters. The molecule has 0 radical (unpaired) electrons. The highest BCUT2D eigenvalue weighted by Crippen LogP contribution is 2.40. The third-order valence-corrected chi connectivity index (χ3v) is 8.85. The van der Waals surface area contributed by atoms with Gasteiger partial charge in [-0.05, 0) is 87.3 Å². The number of aromatic nitrogens is 1. The van der Waals surface area contributed by atoms with Gasteiger partial charge in [0.05, 0.1) is 0 Å². The second-order valence-corrected chi connectivity index (χ2v) is 11.6. The van der Waals surface area contributed by atoms with Crippen LogP contribution in [0.5, 0.6) is 0 Å². The van der Waals surface area contributed by atoms with Crippen LogP contribution >= 0.6 is 0 Å². The molecule has 46 heavy (non-hydrogen) atoms. The summed E-state index contributed by atoms with van der Waals surface area (Å²) in [5, 5.41) is 6.95. The van der Waals surface area contributed by atoms with Crippen LogP contribution in [0.25, 0.3) is 66.0 Å². The number of oxazole rings is 1. The zero-order valence-electron chi connectivity index (χ0n) is 25.0. The van der Waals surface area contributed by atoms with E-state index in [4.69, 9.17) is 9.40 Å². The van der Waals surface area contributed by atoms with Crippen molar-refractivity contribution in [3.05, 3.63) is 170 Å². The van der Waals surface area contributed by atoms with E-state index >= 15 is 0 Å². The number of hydrogen-bond donors (Lipinski definition) is 0. The molecule has 1 heterocycles. The van der Waals surface area contributed by atoms with Crippen molar-refractivity contribution in [1.82, 2.24) is 4.98 Å². The average molecular weight is 589 g/mol. The summed E-state index contributed by atoms with van der Waals surface area (Å²) in [5.74, 6) is 0.637. The number of fused-ring (bicyclic) bond motifs is 7. The van der Waals surface area contributed by atoms with Crippen LogP contribution < -0.4 is 4.90 Å². The van der Waals surface area contributed by atoms with Crippen molar-refractivity contribution in [2.24, 2.45) is 0 Å². The van der Waals surface area contributed by atoms with E-state index in [1.165, 1.54) is 16.2 Å². The SMILES string of the molecule is c1ccc(-c2nc3c4cc(-c5ccc(N(c6ccccc6)c6ccc7ccccc7c6)cc5)ccc4c4ccccc4c3o2)cc1. The molecule has 0 atom stereocenters. The van der Waals surface area contributed by atoms with Crippen LogP contribution in [0, 0.1) is 0 Å². The maximum Gasteiger partial charge on any atom is 0.227 e. The summed E-state index contributed by atoms with van der Waals surface area (Å²) in [4.78, 5) is 7.36. The zero-order valence-corrected chi connectivity index (χ0v) is 25.0. The first-order valence-electron chi connectivity index (χ1n) is 15.5. The molecule has 3 nitrogen and oxygen atoms in total. The van der Waals surface area contributed by atoms with Crippen LogP contribution in [0.4, 0.5) is 17.1 Å². The second-order valence-electron chi connectivity index (χ2n) is 11.6. The van der Waals surface area contributed by atoms with Gasteiger partial charge in [-0.2, -0.15) is 0 Å². The van der Waals surface area contributed by atoms with Crippen molar-refractivity contribution in [1.29, 1.82) is 0 Å². The molecule has 1 aromatic heterocycles. The van der Waals surface area contributed by atoms with Crippen molar-refractivity contribution in [3.63, 3.8) is 0 Å². The highest BCUT2D eigenvalue weighted by Gasteiger charge is 2.17. The smallest absolute Gasteiger partial charge is 0.227 e.